The Morgan fingerprint density at radius 2 is 1.53 bits per heavy atom. The third kappa shape index (κ3) is 4.80. The Bertz CT molecular complexity index is 1630. The number of hydrogen-bond acceptors (Lipinski definition) is 6. The van der Waals surface area contributed by atoms with Gasteiger partial charge in [0.25, 0.3) is 0 Å². The first-order valence-electron chi connectivity index (χ1n) is 13.1. The molecule has 2 saturated heterocycles. The van der Waals surface area contributed by atoms with Crippen LogP contribution in [0.3, 0.4) is 0 Å². The molecule has 0 unspecified atom stereocenters. The number of benzene rings is 1. The molecule has 0 spiro atoms. The highest BCUT2D eigenvalue weighted by atomic mass is 32.2. The van der Waals surface area contributed by atoms with E-state index in [1.807, 2.05) is 0 Å². The van der Waals surface area contributed by atoms with E-state index in [1.54, 1.807) is 0 Å². The van der Waals surface area contributed by atoms with Crippen molar-refractivity contribution in [1.29, 1.82) is 0 Å². The van der Waals surface area contributed by atoms with E-state index in [0.29, 0.717) is 6.07 Å². The third-order valence-electron chi connectivity index (χ3n) is 8.66. The normalized spacial score (nSPS) is 24.8. The fourth-order valence-corrected chi connectivity index (χ4v) is 10.3. The number of carbonyl (C=O) groups excluding carboxylic acids is 1. The zero-order valence-corrected chi connectivity index (χ0v) is 23.7. The van der Waals surface area contributed by atoms with Gasteiger partial charge in [-0.15, -0.1) is 0 Å². The maximum absolute atomic E-state index is 14.9. The number of nitrogens with zero attached hydrogens (tertiary/aromatic N) is 2. The van der Waals surface area contributed by atoms with Crippen molar-refractivity contribution in [3.8, 4) is 0 Å². The summed E-state index contributed by atoms with van der Waals surface area (Å²) >= 11 is 0. The summed E-state index contributed by atoms with van der Waals surface area (Å²) in [5.41, 5.74) is -8.45. The predicted molar refractivity (Wildman–Crippen MR) is 134 cm³/mol. The molecule has 0 saturated carbocycles. The van der Waals surface area contributed by atoms with Crippen molar-refractivity contribution < 1.29 is 56.8 Å². The van der Waals surface area contributed by atoms with Gasteiger partial charge in [-0.2, -0.15) is 26.3 Å². The van der Waals surface area contributed by atoms with Crippen LogP contribution >= 0.6 is 0 Å². The van der Waals surface area contributed by atoms with Gasteiger partial charge in [0.05, 0.1) is 28.1 Å². The van der Waals surface area contributed by atoms with Gasteiger partial charge in [0.2, 0.25) is 5.91 Å². The molecule has 43 heavy (non-hydrogen) atoms. The average molecular weight is 661 g/mol. The molecule has 3 heterocycles. The van der Waals surface area contributed by atoms with Gasteiger partial charge in [-0.1, -0.05) is 0 Å². The fourth-order valence-electron chi connectivity index (χ4n) is 6.48. The highest BCUT2D eigenvalue weighted by molar-refractivity contribution is 7.92. The van der Waals surface area contributed by atoms with Crippen LogP contribution in [0.4, 0.5) is 35.1 Å². The van der Waals surface area contributed by atoms with Crippen molar-refractivity contribution in [3.05, 3.63) is 59.2 Å². The van der Waals surface area contributed by atoms with Crippen LogP contribution in [-0.2, 0) is 41.3 Å². The van der Waals surface area contributed by atoms with Gasteiger partial charge in [0.1, 0.15) is 20.4 Å². The SMILES string of the molecule is O=C(C1CCS(=O)(=O)CC1)N1CC[C@@]2(S(=O)(=O)c3ccc(F)cc3)c3ncc(C(F)(C(F)(F)F)C(F)(F)F)cc3CC[C@@H]12. The van der Waals surface area contributed by atoms with Crippen LogP contribution in [0.15, 0.2) is 41.4 Å². The largest absolute Gasteiger partial charge is 0.436 e. The van der Waals surface area contributed by atoms with Crippen LogP contribution in [0.25, 0.3) is 0 Å². The molecule has 1 aliphatic carbocycles. The monoisotopic (exact) mass is 660 g/mol. The summed E-state index contributed by atoms with van der Waals surface area (Å²) in [5.74, 6) is -2.58. The van der Waals surface area contributed by atoms with E-state index in [9.17, 15) is 56.8 Å². The van der Waals surface area contributed by atoms with Gasteiger partial charge in [-0.3, -0.25) is 9.78 Å². The number of sulfone groups is 2. The molecular weight excluding hydrogens is 636 g/mol. The highest BCUT2D eigenvalue weighted by Gasteiger charge is 2.74. The van der Waals surface area contributed by atoms with E-state index < -0.39 is 82.3 Å². The lowest BCUT2D eigenvalue weighted by Gasteiger charge is -2.42. The molecule has 3 aliphatic rings. The molecule has 0 radical (unpaired) electrons. The quantitative estimate of drug-likeness (QED) is 0.353. The van der Waals surface area contributed by atoms with E-state index in [1.165, 1.54) is 4.90 Å². The molecule has 1 aromatic heterocycles. The number of aromatic nitrogens is 1. The maximum Gasteiger partial charge on any atom is 0.436 e. The summed E-state index contributed by atoms with van der Waals surface area (Å²) in [7, 11) is -8.01. The zero-order valence-electron chi connectivity index (χ0n) is 22.1. The first-order valence-corrected chi connectivity index (χ1v) is 16.4. The maximum atomic E-state index is 14.9. The van der Waals surface area contributed by atoms with E-state index in [-0.39, 0.29) is 61.9 Å². The van der Waals surface area contributed by atoms with Crippen molar-refractivity contribution in [3.63, 3.8) is 0 Å². The second-order valence-corrected chi connectivity index (χ2v) is 15.5. The fraction of sp³-hybridized carbons (Fsp3) is 0.538. The molecule has 236 valence electrons. The molecule has 1 aromatic carbocycles. The zero-order chi connectivity index (χ0) is 31.8. The Labute approximate surface area is 241 Å². The molecule has 2 fully saturated rings. The van der Waals surface area contributed by atoms with Crippen molar-refractivity contribution in [2.45, 2.75) is 65.8 Å². The van der Waals surface area contributed by atoms with Crippen molar-refractivity contribution in [2.75, 3.05) is 18.1 Å². The number of carbonyl (C=O) groups is 1. The Hall–Kier alpha value is -2.82. The number of fused-ring (bicyclic) bond motifs is 3. The first kappa shape index (κ1) is 31.6. The predicted octanol–water partition coefficient (Wildman–Crippen LogP) is 4.55. The molecule has 0 bridgehead atoms. The van der Waals surface area contributed by atoms with E-state index in [4.69, 9.17) is 0 Å². The van der Waals surface area contributed by atoms with Gasteiger partial charge in [0, 0.05) is 24.2 Å². The van der Waals surface area contributed by atoms with Gasteiger partial charge < -0.3 is 4.90 Å². The number of amides is 1. The van der Waals surface area contributed by atoms with Gasteiger partial charge in [-0.05, 0) is 68.0 Å². The van der Waals surface area contributed by atoms with Crippen LogP contribution in [0, 0.1) is 11.7 Å². The molecule has 2 atom stereocenters. The molecular formula is C26H24F8N2O5S2. The van der Waals surface area contributed by atoms with Gasteiger partial charge in [-0.25, -0.2) is 25.6 Å². The van der Waals surface area contributed by atoms with Gasteiger partial charge in [0.15, 0.2) is 9.84 Å². The standard InChI is InChI=1S/C26H24F8N2O5S2/c27-18-2-4-19(5-3-18)43(40,41)23-9-10-36(22(37)15-7-11-42(38,39)12-8-15)20(23)6-1-16-13-17(14-35-21(16)23)24(28,25(29,30)31)26(32,33)34/h2-5,13-15,20H,1,6-12H2/t20-,23+/m1/s1. The minimum absolute atomic E-state index is 0.00619. The first-order chi connectivity index (χ1) is 19.8. The summed E-state index contributed by atoms with van der Waals surface area (Å²) in [6.07, 6.45) is -13.8. The Morgan fingerprint density at radius 1 is 0.953 bits per heavy atom. The van der Waals surface area contributed by atoms with Gasteiger partial charge >= 0.3 is 18.0 Å². The number of likely N-dealkylation sites (tertiary alicyclic amines) is 1. The minimum Gasteiger partial charge on any atom is -0.337 e. The van der Waals surface area contributed by atoms with Crippen LogP contribution in [0.1, 0.15) is 42.5 Å². The summed E-state index contributed by atoms with van der Waals surface area (Å²) < 4.78 is 160. The van der Waals surface area contributed by atoms with Crippen molar-refractivity contribution in [2.24, 2.45) is 5.92 Å². The van der Waals surface area contributed by atoms with E-state index in [0.717, 1.165) is 24.3 Å². The minimum atomic E-state index is -6.42. The van der Waals surface area contributed by atoms with Crippen molar-refractivity contribution in [1.82, 2.24) is 9.88 Å². The van der Waals surface area contributed by atoms with Crippen molar-refractivity contribution >= 4 is 25.6 Å². The summed E-state index contributed by atoms with van der Waals surface area (Å²) in [6.45, 7) is -0.200. The molecule has 1 amide bonds. The topological polar surface area (TPSA) is 101 Å². The number of halogens is 8. The summed E-state index contributed by atoms with van der Waals surface area (Å²) in [6, 6.07) is 2.70. The van der Waals surface area contributed by atoms with E-state index >= 15 is 0 Å². The Morgan fingerprint density at radius 3 is 2.09 bits per heavy atom. The van der Waals surface area contributed by atoms with Crippen LogP contribution in [0.2, 0.25) is 0 Å². The number of aryl methyl sites for hydroxylation is 1. The second kappa shape index (κ2) is 10.1. The highest BCUT2D eigenvalue weighted by Crippen LogP contribution is 2.56. The summed E-state index contributed by atoms with van der Waals surface area (Å²) in [5, 5.41) is 0. The number of rotatable bonds is 4. The lowest BCUT2D eigenvalue weighted by Crippen LogP contribution is -2.54. The second-order valence-electron chi connectivity index (χ2n) is 11.0. The smallest absolute Gasteiger partial charge is 0.337 e. The third-order valence-corrected chi connectivity index (χ3v) is 12.9. The Kier molecular flexibility index (Phi) is 7.43. The number of hydrogen-bond donors (Lipinski definition) is 0. The number of pyridine rings is 1. The molecule has 5 rings (SSSR count). The summed E-state index contributed by atoms with van der Waals surface area (Å²) in [4.78, 5) is 18.2. The van der Waals surface area contributed by atoms with E-state index in [2.05, 4.69) is 4.98 Å². The molecule has 17 heteroatoms. The molecule has 2 aliphatic heterocycles. The van der Waals surface area contributed by atoms with Crippen LogP contribution in [0.5, 0.6) is 0 Å². The molecule has 2 aromatic rings. The molecule has 7 nitrogen and oxygen atoms in total. The lowest BCUT2D eigenvalue weighted by molar-refractivity contribution is -0.348. The average Bonchev–Trinajstić information content (AvgIpc) is 3.32. The molecule has 0 N–H and O–H groups in total. The lowest BCUT2D eigenvalue weighted by atomic mass is 9.80. The van der Waals surface area contributed by atoms with Crippen LogP contribution < -0.4 is 0 Å². The number of alkyl halides is 7. The Balaban J connectivity index is 1.65. The van der Waals surface area contributed by atoms with Crippen LogP contribution in [-0.4, -0.2) is 69.1 Å².